The molecular formula is C19H18BrN3O. The molecule has 0 aliphatic heterocycles. The van der Waals surface area contributed by atoms with E-state index in [9.17, 15) is 4.79 Å². The molecule has 1 aromatic heterocycles. The SMILES string of the molecule is O=C(Cc1ccc(Br)cc1)NCCc1ccc(-n2cccn2)cc1. The predicted octanol–water partition coefficient (Wildman–Crippen LogP) is 3.54. The summed E-state index contributed by atoms with van der Waals surface area (Å²) < 4.78 is 2.84. The van der Waals surface area contributed by atoms with Gasteiger partial charge in [-0.15, -0.1) is 0 Å². The topological polar surface area (TPSA) is 46.9 Å². The molecule has 24 heavy (non-hydrogen) atoms. The first-order valence-electron chi connectivity index (χ1n) is 7.81. The molecule has 1 N–H and O–H groups in total. The highest BCUT2D eigenvalue weighted by atomic mass is 79.9. The third-order valence-corrected chi connectivity index (χ3v) is 4.25. The average molecular weight is 384 g/mol. The van der Waals surface area contributed by atoms with Crippen LogP contribution in [0.15, 0.2) is 71.5 Å². The van der Waals surface area contributed by atoms with Crippen LogP contribution in [-0.4, -0.2) is 22.2 Å². The molecule has 0 bridgehead atoms. The van der Waals surface area contributed by atoms with Crippen molar-refractivity contribution in [3.8, 4) is 5.69 Å². The Bertz CT molecular complexity index is 780. The number of halogens is 1. The van der Waals surface area contributed by atoms with E-state index in [0.29, 0.717) is 13.0 Å². The van der Waals surface area contributed by atoms with Gasteiger partial charge in [-0.25, -0.2) is 4.68 Å². The summed E-state index contributed by atoms with van der Waals surface area (Å²) in [6.45, 7) is 0.635. The Kier molecular flexibility index (Phi) is 5.43. The zero-order valence-electron chi connectivity index (χ0n) is 13.2. The fourth-order valence-electron chi connectivity index (χ4n) is 2.43. The van der Waals surface area contributed by atoms with Crippen molar-refractivity contribution in [1.29, 1.82) is 0 Å². The van der Waals surface area contributed by atoms with Gasteiger partial charge < -0.3 is 5.32 Å². The van der Waals surface area contributed by atoms with Crippen LogP contribution in [-0.2, 0) is 17.6 Å². The molecule has 0 spiro atoms. The minimum atomic E-state index is 0.0467. The molecule has 3 aromatic rings. The lowest BCUT2D eigenvalue weighted by atomic mass is 10.1. The zero-order chi connectivity index (χ0) is 16.8. The van der Waals surface area contributed by atoms with E-state index < -0.39 is 0 Å². The number of amides is 1. The van der Waals surface area contributed by atoms with Crippen LogP contribution >= 0.6 is 15.9 Å². The van der Waals surface area contributed by atoms with Gasteiger partial charge in [0.05, 0.1) is 12.1 Å². The van der Waals surface area contributed by atoms with Crippen molar-refractivity contribution in [3.63, 3.8) is 0 Å². The Balaban J connectivity index is 1.46. The van der Waals surface area contributed by atoms with E-state index in [1.165, 1.54) is 5.56 Å². The van der Waals surface area contributed by atoms with E-state index in [-0.39, 0.29) is 5.91 Å². The molecule has 0 fully saturated rings. The van der Waals surface area contributed by atoms with Crippen LogP contribution in [0.4, 0.5) is 0 Å². The average Bonchev–Trinajstić information content (AvgIpc) is 3.12. The fourth-order valence-corrected chi connectivity index (χ4v) is 2.70. The molecular weight excluding hydrogens is 366 g/mol. The summed E-state index contributed by atoms with van der Waals surface area (Å²) >= 11 is 3.39. The lowest BCUT2D eigenvalue weighted by Crippen LogP contribution is -2.27. The monoisotopic (exact) mass is 383 g/mol. The number of hydrogen-bond acceptors (Lipinski definition) is 2. The Hall–Kier alpha value is -2.40. The Morgan fingerprint density at radius 1 is 1.04 bits per heavy atom. The Morgan fingerprint density at radius 3 is 2.42 bits per heavy atom. The summed E-state index contributed by atoms with van der Waals surface area (Å²) in [4.78, 5) is 12.0. The van der Waals surface area contributed by atoms with E-state index in [2.05, 4.69) is 38.5 Å². The van der Waals surface area contributed by atoms with Crippen molar-refractivity contribution >= 4 is 21.8 Å². The predicted molar refractivity (Wildman–Crippen MR) is 98.1 cm³/mol. The van der Waals surface area contributed by atoms with Gasteiger partial charge in [-0.05, 0) is 47.9 Å². The molecule has 3 rings (SSSR count). The smallest absolute Gasteiger partial charge is 0.224 e. The Morgan fingerprint density at radius 2 is 1.75 bits per heavy atom. The van der Waals surface area contributed by atoms with Gasteiger partial charge in [0, 0.05) is 23.4 Å². The second-order valence-corrected chi connectivity index (χ2v) is 6.44. The number of hydrogen-bond donors (Lipinski definition) is 1. The third kappa shape index (κ3) is 4.55. The zero-order valence-corrected chi connectivity index (χ0v) is 14.7. The minimum absolute atomic E-state index is 0.0467. The maximum Gasteiger partial charge on any atom is 0.224 e. The quantitative estimate of drug-likeness (QED) is 0.707. The van der Waals surface area contributed by atoms with Crippen LogP contribution in [0.2, 0.25) is 0 Å². The van der Waals surface area contributed by atoms with Gasteiger partial charge in [0.1, 0.15) is 0 Å². The lowest BCUT2D eigenvalue weighted by Gasteiger charge is -2.07. The van der Waals surface area contributed by atoms with Gasteiger partial charge in [0.25, 0.3) is 0 Å². The largest absolute Gasteiger partial charge is 0.355 e. The maximum absolute atomic E-state index is 12.0. The van der Waals surface area contributed by atoms with Gasteiger partial charge in [-0.3, -0.25) is 4.79 Å². The second kappa shape index (κ2) is 7.93. The molecule has 5 heteroatoms. The van der Waals surface area contributed by atoms with Gasteiger partial charge in [-0.2, -0.15) is 5.10 Å². The van der Waals surface area contributed by atoms with Crippen LogP contribution in [0.1, 0.15) is 11.1 Å². The first-order chi connectivity index (χ1) is 11.7. The Labute approximate surface area is 149 Å². The van der Waals surface area contributed by atoms with Crippen molar-refractivity contribution in [2.24, 2.45) is 0 Å². The third-order valence-electron chi connectivity index (χ3n) is 3.72. The van der Waals surface area contributed by atoms with E-state index in [1.807, 2.05) is 53.3 Å². The maximum atomic E-state index is 12.0. The first kappa shape index (κ1) is 16.5. The number of aromatic nitrogens is 2. The lowest BCUT2D eigenvalue weighted by molar-refractivity contribution is -0.120. The van der Waals surface area contributed by atoms with Crippen LogP contribution in [0.5, 0.6) is 0 Å². The minimum Gasteiger partial charge on any atom is -0.355 e. The fraction of sp³-hybridized carbons (Fsp3) is 0.158. The highest BCUT2D eigenvalue weighted by Crippen LogP contribution is 2.11. The molecule has 0 saturated carbocycles. The molecule has 0 unspecified atom stereocenters. The highest BCUT2D eigenvalue weighted by molar-refractivity contribution is 9.10. The summed E-state index contributed by atoms with van der Waals surface area (Å²) in [7, 11) is 0. The molecule has 0 radical (unpaired) electrons. The number of carbonyl (C=O) groups excluding carboxylic acids is 1. The van der Waals surface area contributed by atoms with Crippen molar-refractivity contribution in [3.05, 3.63) is 82.6 Å². The second-order valence-electron chi connectivity index (χ2n) is 5.52. The van der Waals surface area contributed by atoms with Crippen LogP contribution < -0.4 is 5.32 Å². The molecule has 0 atom stereocenters. The van der Waals surface area contributed by atoms with Crippen LogP contribution in [0.25, 0.3) is 5.69 Å². The number of benzene rings is 2. The number of rotatable bonds is 6. The summed E-state index contributed by atoms with van der Waals surface area (Å²) in [5, 5.41) is 7.17. The highest BCUT2D eigenvalue weighted by Gasteiger charge is 2.03. The first-order valence-corrected chi connectivity index (χ1v) is 8.60. The van der Waals surface area contributed by atoms with E-state index in [0.717, 1.165) is 22.1 Å². The van der Waals surface area contributed by atoms with Gasteiger partial charge >= 0.3 is 0 Å². The number of nitrogens with zero attached hydrogens (tertiary/aromatic N) is 2. The molecule has 4 nitrogen and oxygen atoms in total. The van der Waals surface area contributed by atoms with Crippen LogP contribution in [0, 0.1) is 0 Å². The number of nitrogens with one attached hydrogen (secondary N) is 1. The van der Waals surface area contributed by atoms with Crippen molar-refractivity contribution in [2.75, 3.05) is 6.54 Å². The van der Waals surface area contributed by atoms with Crippen molar-refractivity contribution in [1.82, 2.24) is 15.1 Å². The normalized spacial score (nSPS) is 10.5. The number of carbonyl (C=O) groups is 1. The molecule has 0 saturated heterocycles. The summed E-state index contributed by atoms with van der Waals surface area (Å²) in [6.07, 6.45) is 4.89. The standard InChI is InChI=1S/C19H18BrN3O/c20-17-6-2-16(3-7-17)14-19(24)21-12-10-15-4-8-18(9-5-15)23-13-1-11-22-23/h1-9,11,13H,10,12,14H2,(H,21,24). The van der Waals surface area contributed by atoms with E-state index in [1.54, 1.807) is 6.20 Å². The summed E-state index contributed by atoms with van der Waals surface area (Å²) in [5.41, 5.74) is 3.23. The van der Waals surface area contributed by atoms with Crippen molar-refractivity contribution < 1.29 is 4.79 Å². The van der Waals surface area contributed by atoms with Crippen LogP contribution in [0.3, 0.4) is 0 Å². The van der Waals surface area contributed by atoms with E-state index in [4.69, 9.17) is 0 Å². The molecule has 0 aliphatic rings. The van der Waals surface area contributed by atoms with Gasteiger partial charge in [-0.1, -0.05) is 40.2 Å². The molecule has 0 aliphatic carbocycles. The molecule has 1 heterocycles. The van der Waals surface area contributed by atoms with E-state index >= 15 is 0 Å². The summed E-state index contributed by atoms with van der Waals surface area (Å²) in [5.74, 6) is 0.0467. The molecule has 2 aromatic carbocycles. The molecule has 1 amide bonds. The van der Waals surface area contributed by atoms with Gasteiger partial charge in [0.15, 0.2) is 0 Å². The van der Waals surface area contributed by atoms with Crippen molar-refractivity contribution in [2.45, 2.75) is 12.8 Å². The molecule has 122 valence electrons. The summed E-state index contributed by atoms with van der Waals surface area (Å²) in [6, 6.07) is 17.9. The van der Waals surface area contributed by atoms with Gasteiger partial charge in [0.2, 0.25) is 5.91 Å².